The van der Waals surface area contributed by atoms with Crippen molar-refractivity contribution in [1.29, 1.82) is 0 Å². The molecule has 0 saturated carbocycles. The Balaban J connectivity index is 2.15. The normalized spacial score (nSPS) is 12.9. The highest BCUT2D eigenvalue weighted by molar-refractivity contribution is 6.92. The molecule has 0 fully saturated rings. The van der Waals surface area contributed by atoms with Gasteiger partial charge in [-0.25, -0.2) is 0 Å². The Morgan fingerprint density at radius 3 is 1.61 bits per heavy atom. The minimum absolute atomic E-state index is 0.186. The predicted molar refractivity (Wildman–Crippen MR) is 136 cm³/mol. The van der Waals surface area contributed by atoms with E-state index in [2.05, 4.69) is 88.4 Å². The molecule has 0 saturated heterocycles. The summed E-state index contributed by atoms with van der Waals surface area (Å²) >= 11 is 0. The smallest absolute Gasteiger partial charge is 0.388 e. The Morgan fingerprint density at radius 2 is 1.16 bits per heavy atom. The summed E-state index contributed by atoms with van der Waals surface area (Å²) in [5, 5.41) is 2.42. The van der Waals surface area contributed by atoms with Crippen LogP contribution in [0.5, 0.6) is 0 Å². The lowest BCUT2D eigenvalue weighted by atomic mass is 10.1. The van der Waals surface area contributed by atoms with E-state index in [9.17, 15) is 0 Å². The maximum Gasteiger partial charge on any atom is 0.407 e. The summed E-state index contributed by atoms with van der Waals surface area (Å²) < 4.78 is 13.9. The molecule has 1 atom stereocenters. The SMILES string of the molecule is CCCCCCCCCCO[Si](OC(CC)C(C)C)(c1ccccc1)c1ccccc1. The van der Waals surface area contributed by atoms with Gasteiger partial charge in [-0.1, -0.05) is 133 Å². The molecule has 0 aliphatic carbocycles. The zero-order valence-corrected chi connectivity index (χ0v) is 21.3. The molecule has 31 heavy (non-hydrogen) atoms. The molecule has 0 aromatic heterocycles. The standard InChI is InChI=1S/C28H44O2Si/c1-5-7-8-9-10-11-12-19-24-29-31(26-20-15-13-16-21-26,27-22-17-14-18-23-27)30-28(6-2)25(3)4/h13-18,20-23,25,28H,5-12,19,24H2,1-4H3. The van der Waals surface area contributed by atoms with Crippen LogP contribution < -0.4 is 10.4 Å². The lowest BCUT2D eigenvalue weighted by Crippen LogP contribution is -2.65. The summed E-state index contributed by atoms with van der Waals surface area (Å²) in [4.78, 5) is 0. The van der Waals surface area contributed by atoms with Gasteiger partial charge >= 0.3 is 8.56 Å². The van der Waals surface area contributed by atoms with E-state index in [0.29, 0.717) is 5.92 Å². The lowest BCUT2D eigenvalue weighted by Gasteiger charge is -2.36. The van der Waals surface area contributed by atoms with Crippen LogP contribution in [0.4, 0.5) is 0 Å². The maximum absolute atomic E-state index is 7.01. The van der Waals surface area contributed by atoms with Crippen LogP contribution in [0.25, 0.3) is 0 Å². The molecule has 2 aromatic rings. The minimum Gasteiger partial charge on any atom is -0.388 e. The van der Waals surface area contributed by atoms with Gasteiger partial charge in [-0.05, 0) is 29.1 Å². The monoisotopic (exact) mass is 440 g/mol. The molecule has 0 radical (unpaired) electrons. The highest BCUT2D eigenvalue weighted by atomic mass is 28.4. The van der Waals surface area contributed by atoms with Gasteiger partial charge in [0.05, 0.1) is 0 Å². The minimum atomic E-state index is -2.78. The first kappa shape index (κ1) is 25.8. The van der Waals surface area contributed by atoms with E-state index >= 15 is 0 Å². The van der Waals surface area contributed by atoms with Crippen molar-refractivity contribution in [2.75, 3.05) is 6.61 Å². The van der Waals surface area contributed by atoms with Crippen molar-refractivity contribution in [3.8, 4) is 0 Å². The Labute approximate surface area is 192 Å². The van der Waals surface area contributed by atoms with Gasteiger partial charge in [0, 0.05) is 12.7 Å². The molecule has 0 aliphatic rings. The molecule has 3 heteroatoms. The van der Waals surface area contributed by atoms with E-state index in [1.807, 2.05) is 0 Å². The largest absolute Gasteiger partial charge is 0.407 e. The fraction of sp³-hybridized carbons (Fsp3) is 0.571. The molecule has 0 heterocycles. The van der Waals surface area contributed by atoms with Gasteiger partial charge < -0.3 is 8.85 Å². The van der Waals surface area contributed by atoms with E-state index in [-0.39, 0.29) is 6.10 Å². The van der Waals surface area contributed by atoms with Gasteiger partial charge in [-0.3, -0.25) is 0 Å². The van der Waals surface area contributed by atoms with Gasteiger partial charge in [-0.15, -0.1) is 0 Å². The molecule has 2 nitrogen and oxygen atoms in total. The van der Waals surface area contributed by atoms with Crippen molar-refractivity contribution in [2.45, 2.75) is 91.6 Å². The number of hydrogen-bond acceptors (Lipinski definition) is 2. The second kappa shape index (κ2) is 14.6. The molecule has 0 spiro atoms. The third-order valence-corrected chi connectivity index (χ3v) is 9.51. The quantitative estimate of drug-likeness (QED) is 0.210. The molecule has 0 aliphatic heterocycles. The van der Waals surface area contributed by atoms with Crippen LogP contribution in [0, 0.1) is 5.92 Å². The van der Waals surface area contributed by atoms with Gasteiger partial charge in [0.2, 0.25) is 0 Å². The lowest BCUT2D eigenvalue weighted by molar-refractivity contribution is 0.0936. The molecular formula is C28H44O2Si. The first-order chi connectivity index (χ1) is 15.1. The van der Waals surface area contributed by atoms with Crippen LogP contribution in [0.1, 0.15) is 85.5 Å². The molecule has 2 rings (SSSR count). The Morgan fingerprint density at radius 1 is 0.677 bits per heavy atom. The van der Waals surface area contributed by atoms with Crippen LogP contribution in [-0.4, -0.2) is 21.3 Å². The Hall–Kier alpha value is -1.42. The molecule has 0 amide bonds. The van der Waals surface area contributed by atoms with Crippen molar-refractivity contribution in [1.82, 2.24) is 0 Å². The zero-order chi connectivity index (χ0) is 22.4. The fourth-order valence-electron chi connectivity index (χ4n) is 4.17. The van der Waals surface area contributed by atoms with Crippen molar-refractivity contribution in [3.63, 3.8) is 0 Å². The third-order valence-electron chi connectivity index (χ3n) is 6.07. The molecule has 2 aromatic carbocycles. The fourth-order valence-corrected chi connectivity index (χ4v) is 7.74. The first-order valence-corrected chi connectivity index (χ1v) is 14.4. The van der Waals surface area contributed by atoms with E-state index in [4.69, 9.17) is 8.85 Å². The summed E-state index contributed by atoms with van der Waals surface area (Å²) in [7, 11) is -2.78. The number of benzene rings is 2. The molecule has 172 valence electrons. The van der Waals surface area contributed by atoms with E-state index in [1.165, 1.54) is 55.3 Å². The van der Waals surface area contributed by atoms with Gasteiger partial charge in [0.25, 0.3) is 0 Å². The first-order valence-electron chi connectivity index (χ1n) is 12.6. The van der Waals surface area contributed by atoms with Crippen molar-refractivity contribution in [2.24, 2.45) is 5.92 Å². The second-order valence-electron chi connectivity index (χ2n) is 8.98. The molecule has 0 bridgehead atoms. The van der Waals surface area contributed by atoms with Crippen molar-refractivity contribution >= 4 is 18.9 Å². The van der Waals surface area contributed by atoms with Gasteiger partial charge in [0.15, 0.2) is 0 Å². The van der Waals surface area contributed by atoms with E-state index in [0.717, 1.165) is 19.4 Å². The summed E-state index contributed by atoms with van der Waals surface area (Å²) in [5.41, 5.74) is 0. The predicted octanol–water partition coefficient (Wildman–Crippen LogP) is 6.85. The van der Waals surface area contributed by atoms with Crippen LogP contribution in [-0.2, 0) is 8.85 Å². The highest BCUT2D eigenvalue weighted by Crippen LogP contribution is 2.20. The second-order valence-corrected chi connectivity index (χ2v) is 11.9. The topological polar surface area (TPSA) is 18.5 Å². The van der Waals surface area contributed by atoms with Crippen LogP contribution >= 0.6 is 0 Å². The number of hydrogen-bond donors (Lipinski definition) is 0. The summed E-state index contributed by atoms with van der Waals surface area (Å²) in [6, 6.07) is 21.4. The molecular weight excluding hydrogens is 396 g/mol. The maximum atomic E-state index is 7.01. The number of unbranched alkanes of at least 4 members (excludes halogenated alkanes) is 7. The van der Waals surface area contributed by atoms with E-state index < -0.39 is 8.56 Å². The average Bonchev–Trinajstić information content (AvgIpc) is 2.81. The third kappa shape index (κ3) is 8.21. The number of rotatable bonds is 16. The van der Waals surface area contributed by atoms with Crippen LogP contribution in [0.2, 0.25) is 0 Å². The summed E-state index contributed by atoms with van der Waals surface area (Å²) in [5.74, 6) is 0.455. The zero-order valence-electron chi connectivity index (χ0n) is 20.3. The van der Waals surface area contributed by atoms with Crippen molar-refractivity contribution < 1.29 is 8.85 Å². The van der Waals surface area contributed by atoms with Crippen LogP contribution in [0.3, 0.4) is 0 Å². The van der Waals surface area contributed by atoms with Gasteiger partial charge in [0.1, 0.15) is 0 Å². The highest BCUT2D eigenvalue weighted by Gasteiger charge is 2.44. The average molecular weight is 441 g/mol. The van der Waals surface area contributed by atoms with Crippen molar-refractivity contribution in [3.05, 3.63) is 60.7 Å². The molecule has 0 N–H and O–H groups in total. The summed E-state index contributed by atoms with van der Waals surface area (Å²) in [6.07, 6.45) is 11.6. The summed E-state index contributed by atoms with van der Waals surface area (Å²) in [6.45, 7) is 9.76. The van der Waals surface area contributed by atoms with E-state index in [1.54, 1.807) is 0 Å². The van der Waals surface area contributed by atoms with Gasteiger partial charge in [-0.2, -0.15) is 0 Å². The Bertz CT molecular complexity index is 647. The van der Waals surface area contributed by atoms with Crippen LogP contribution in [0.15, 0.2) is 60.7 Å². The Kier molecular flexibility index (Phi) is 12.2. The molecule has 1 unspecified atom stereocenters.